The monoisotopic (exact) mass is 498 g/mol. The average molecular weight is 499 g/mol. The Morgan fingerprint density at radius 2 is 1.88 bits per heavy atom. The van der Waals surface area contributed by atoms with Crippen LogP contribution in [0.2, 0.25) is 5.02 Å². The van der Waals surface area contributed by atoms with E-state index in [0.717, 1.165) is 6.20 Å². The summed E-state index contributed by atoms with van der Waals surface area (Å²) in [6.07, 6.45) is -2.65. The number of alkyl halides is 3. The van der Waals surface area contributed by atoms with Crippen LogP contribution in [0.25, 0.3) is 5.69 Å². The van der Waals surface area contributed by atoms with Crippen LogP contribution in [-0.4, -0.2) is 30.7 Å². The first-order chi connectivity index (χ1) is 15.5. The number of carbonyl (C=O) groups is 1. The van der Waals surface area contributed by atoms with Gasteiger partial charge in [-0.3, -0.25) is 4.79 Å². The van der Waals surface area contributed by atoms with Gasteiger partial charge in [-0.15, -0.1) is 6.58 Å². The molecular formula is C21H18ClF3N4O3S. The van der Waals surface area contributed by atoms with Crippen molar-refractivity contribution in [3.8, 4) is 5.69 Å². The summed E-state index contributed by atoms with van der Waals surface area (Å²) in [5, 5.41) is 6.32. The molecule has 2 aromatic carbocycles. The number of carbonyl (C=O) groups excluding carboxylic acids is 1. The summed E-state index contributed by atoms with van der Waals surface area (Å²) in [6.45, 7) is 3.51. The molecule has 0 atom stereocenters. The molecule has 2 N–H and O–H groups in total. The molecule has 0 bridgehead atoms. The Labute approximate surface area is 192 Å². The molecule has 0 saturated heterocycles. The van der Waals surface area contributed by atoms with Gasteiger partial charge >= 0.3 is 6.18 Å². The topological polar surface area (TPSA) is 93.1 Å². The van der Waals surface area contributed by atoms with Gasteiger partial charge in [0.25, 0.3) is 5.91 Å². The number of nitrogens with one attached hydrogen (secondary N) is 2. The Kier molecular flexibility index (Phi) is 7.25. The second kappa shape index (κ2) is 9.77. The van der Waals surface area contributed by atoms with E-state index in [1.165, 1.54) is 54.6 Å². The van der Waals surface area contributed by atoms with Crippen molar-refractivity contribution in [3.63, 3.8) is 0 Å². The van der Waals surface area contributed by atoms with E-state index in [-0.39, 0.29) is 28.7 Å². The van der Waals surface area contributed by atoms with Gasteiger partial charge in [0.05, 0.1) is 23.2 Å². The molecule has 0 aliphatic rings. The molecular weight excluding hydrogens is 481 g/mol. The fraction of sp³-hybridized carbons (Fsp3) is 0.143. The van der Waals surface area contributed by atoms with E-state index >= 15 is 0 Å². The molecule has 0 aliphatic heterocycles. The van der Waals surface area contributed by atoms with Gasteiger partial charge in [-0.25, -0.2) is 17.8 Å². The molecule has 12 heteroatoms. The van der Waals surface area contributed by atoms with E-state index in [0.29, 0.717) is 10.2 Å². The lowest BCUT2D eigenvalue weighted by Gasteiger charge is -2.13. The molecule has 1 amide bonds. The molecule has 0 radical (unpaired) electrons. The van der Waals surface area contributed by atoms with Crippen LogP contribution in [0.15, 0.2) is 67.4 Å². The second-order valence-electron chi connectivity index (χ2n) is 6.84. The molecule has 174 valence electrons. The number of halogens is 4. The largest absolute Gasteiger partial charge is 0.434 e. The van der Waals surface area contributed by atoms with Gasteiger partial charge in [-0.2, -0.15) is 18.3 Å². The van der Waals surface area contributed by atoms with Crippen LogP contribution in [0.3, 0.4) is 0 Å². The van der Waals surface area contributed by atoms with Gasteiger partial charge in [-0.05, 0) is 35.9 Å². The van der Waals surface area contributed by atoms with Crippen LogP contribution < -0.4 is 10.0 Å². The molecule has 1 aromatic heterocycles. The molecule has 0 fully saturated rings. The van der Waals surface area contributed by atoms with Crippen molar-refractivity contribution in [1.82, 2.24) is 14.5 Å². The minimum Gasteiger partial charge on any atom is -0.322 e. The number of anilines is 1. The lowest BCUT2D eigenvalue weighted by atomic mass is 10.2. The van der Waals surface area contributed by atoms with E-state index in [4.69, 9.17) is 11.6 Å². The van der Waals surface area contributed by atoms with Crippen molar-refractivity contribution in [1.29, 1.82) is 0 Å². The second-order valence-corrected chi connectivity index (χ2v) is 9.09. The zero-order chi connectivity index (χ0) is 24.2. The first kappa shape index (κ1) is 24.5. The fourth-order valence-electron chi connectivity index (χ4n) is 2.93. The minimum atomic E-state index is -4.87. The Hall–Kier alpha value is -3.15. The summed E-state index contributed by atoms with van der Waals surface area (Å²) in [6, 6.07) is 11.3. The number of benzene rings is 2. The highest BCUT2D eigenvalue weighted by molar-refractivity contribution is 7.88. The molecule has 33 heavy (non-hydrogen) atoms. The lowest BCUT2D eigenvalue weighted by Crippen LogP contribution is -2.25. The number of amides is 1. The summed E-state index contributed by atoms with van der Waals surface area (Å²) in [4.78, 5) is 12.6. The third-order valence-corrected chi connectivity index (χ3v) is 5.91. The number of hydrogen-bond donors (Lipinski definition) is 2. The minimum absolute atomic E-state index is 0.0458. The van der Waals surface area contributed by atoms with Crippen molar-refractivity contribution in [2.45, 2.75) is 11.9 Å². The van der Waals surface area contributed by atoms with E-state index in [2.05, 4.69) is 21.7 Å². The third-order valence-electron chi connectivity index (χ3n) is 4.35. The number of aromatic nitrogens is 2. The first-order valence-corrected chi connectivity index (χ1v) is 11.4. The lowest BCUT2D eigenvalue weighted by molar-refractivity contribution is -0.143. The molecule has 0 unspecified atom stereocenters. The zero-order valence-corrected chi connectivity index (χ0v) is 18.5. The number of nitrogens with zero attached hydrogens (tertiary/aromatic N) is 2. The zero-order valence-electron chi connectivity index (χ0n) is 16.9. The quantitative estimate of drug-likeness (QED) is 0.450. The molecule has 3 aromatic rings. The predicted octanol–water partition coefficient (Wildman–Crippen LogP) is 4.40. The summed E-state index contributed by atoms with van der Waals surface area (Å²) < 4.78 is 68.1. The van der Waals surface area contributed by atoms with Gasteiger partial charge in [-0.1, -0.05) is 35.9 Å². The maximum Gasteiger partial charge on any atom is 0.434 e. The van der Waals surface area contributed by atoms with Crippen LogP contribution in [-0.2, 0) is 22.0 Å². The van der Waals surface area contributed by atoms with Crippen molar-refractivity contribution >= 4 is 33.2 Å². The normalized spacial score (nSPS) is 11.9. The van der Waals surface area contributed by atoms with E-state index < -0.39 is 33.4 Å². The Morgan fingerprint density at radius 1 is 1.18 bits per heavy atom. The van der Waals surface area contributed by atoms with Gasteiger partial charge in [0.15, 0.2) is 5.69 Å². The molecule has 0 saturated carbocycles. The Morgan fingerprint density at radius 3 is 2.48 bits per heavy atom. The predicted molar refractivity (Wildman–Crippen MR) is 119 cm³/mol. The van der Waals surface area contributed by atoms with E-state index in [9.17, 15) is 26.4 Å². The Bertz CT molecular complexity index is 1270. The maximum absolute atomic E-state index is 13.8. The van der Waals surface area contributed by atoms with Crippen molar-refractivity contribution in [3.05, 3.63) is 89.2 Å². The molecule has 0 spiro atoms. The fourth-order valence-corrected chi connectivity index (χ4v) is 4.22. The van der Waals surface area contributed by atoms with Gasteiger partial charge < -0.3 is 5.32 Å². The highest BCUT2D eigenvalue weighted by atomic mass is 35.5. The Balaban J connectivity index is 1.83. The number of sulfonamides is 1. The van der Waals surface area contributed by atoms with E-state index in [1.807, 2.05) is 0 Å². The SMILES string of the molecule is C=CCNS(=O)(=O)Cc1ccc(NC(=O)c2cnn(-c3cccc(Cl)c3)c2C(F)(F)F)cc1. The summed E-state index contributed by atoms with van der Waals surface area (Å²) in [5.74, 6) is -1.33. The van der Waals surface area contributed by atoms with Crippen LogP contribution >= 0.6 is 11.6 Å². The number of hydrogen-bond acceptors (Lipinski definition) is 4. The van der Waals surface area contributed by atoms with Crippen molar-refractivity contribution < 1.29 is 26.4 Å². The van der Waals surface area contributed by atoms with Gasteiger partial charge in [0.2, 0.25) is 10.0 Å². The summed E-state index contributed by atoms with van der Waals surface area (Å²) in [7, 11) is -3.58. The average Bonchev–Trinajstić information content (AvgIpc) is 3.20. The maximum atomic E-state index is 13.8. The highest BCUT2D eigenvalue weighted by Crippen LogP contribution is 2.34. The van der Waals surface area contributed by atoms with Gasteiger partial charge in [0, 0.05) is 17.3 Å². The van der Waals surface area contributed by atoms with Gasteiger partial charge in [0.1, 0.15) is 0 Å². The van der Waals surface area contributed by atoms with Crippen LogP contribution in [0.4, 0.5) is 18.9 Å². The molecule has 3 rings (SSSR count). The van der Waals surface area contributed by atoms with Crippen LogP contribution in [0.5, 0.6) is 0 Å². The standard InChI is InChI=1S/C21H18ClF3N4O3S/c1-2-10-27-33(31,32)13-14-6-8-16(9-7-14)28-20(30)18-12-26-29(19(18)21(23,24)25)17-5-3-4-15(22)11-17/h2-9,11-12,27H,1,10,13H2,(H,28,30). The van der Waals surface area contributed by atoms with E-state index in [1.54, 1.807) is 0 Å². The van der Waals surface area contributed by atoms with Crippen LogP contribution in [0.1, 0.15) is 21.6 Å². The first-order valence-electron chi connectivity index (χ1n) is 9.40. The smallest absolute Gasteiger partial charge is 0.322 e. The molecule has 7 nitrogen and oxygen atoms in total. The number of rotatable bonds is 8. The van der Waals surface area contributed by atoms with Crippen molar-refractivity contribution in [2.75, 3.05) is 11.9 Å². The third kappa shape index (κ3) is 6.21. The summed E-state index contributed by atoms with van der Waals surface area (Å²) >= 11 is 5.87. The van der Waals surface area contributed by atoms with Crippen molar-refractivity contribution in [2.24, 2.45) is 0 Å². The summed E-state index contributed by atoms with van der Waals surface area (Å²) in [5.41, 5.74) is -1.27. The van der Waals surface area contributed by atoms with Crippen LogP contribution in [0, 0.1) is 0 Å². The molecule has 1 heterocycles. The molecule has 0 aliphatic carbocycles. The highest BCUT2D eigenvalue weighted by Gasteiger charge is 2.40.